The van der Waals surface area contributed by atoms with Crippen LogP contribution in [0.25, 0.3) is 10.8 Å². The van der Waals surface area contributed by atoms with Crippen LogP contribution in [-0.4, -0.2) is 36.6 Å². The molecule has 6 heteroatoms. The molecule has 1 atom stereocenters. The summed E-state index contributed by atoms with van der Waals surface area (Å²) in [7, 11) is -3.59. The van der Waals surface area contributed by atoms with Gasteiger partial charge >= 0.3 is 0 Å². The number of rotatable bonds is 2. The van der Waals surface area contributed by atoms with Gasteiger partial charge in [0.25, 0.3) is 0 Å². The quantitative estimate of drug-likeness (QED) is 0.849. The van der Waals surface area contributed by atoms with Crippen LogP contribution >= 0.6 is 0 Å². The van der Waals surface area contributed by atoms with E-state index in [4.69, 9.17) is 0 Å². The highest BCUT2D eigenvalue weighted by Crippen LogP contribution is 2.27. The Morgan fingerprint density at radius 1 is 1.29 bits per heavy atom. The summed E-state index contributed by atoms with van der Waals surface area (Å²) in [6.07, 6.45) is 3.52. The molecule has 1 fully saturated rings. The molecule has 1 saturated heterocycles. The molecule has 0 radical (unpaired) electrons. The van der Waals surface area contributed by atoms with E-state index in [0.717, 1.165) is 5.39 Å². The first-order chi connectivity index (χ1) is 10.00. The van der Waals surface area contributed by atoms with Crippen molar-refractivity contribution in [3.05, 3.63) is 36.7 Å². The van der Waals surface area contributed by atoms with Gasteiger partial charge in [-0.25, -0.2) is 8.42 Å². The second-order valence-electron chi connectivity index (χ2n) is 5.33. The molecular formula is C15H16N2O3S. The normalized spacial score (nSPS) is 20.8. The fourth-order valence-electron chi connectivity index (χ4n) is 2.66. The van der Waals surface area contributed by atoms with Crippen molar-refractivity contribution in [3.63, 3.8) is 0 Å². The van der Waals surface area contributed by atoms with Gasteiger partial charge in [-0.05, 0) is 12.1 Å². The van der Waals surface area contributed by atoms with Gasteiger partial charge in [-0.15, -0.1) is 0 Å². The van der Waals surface area contributed by atoms with Crippen LogP contribution in [0.4, 0.5) is 0 Å². The molecule has 21 heavy (non-hydrogen) atoms. The number of nitrogens with zero attached hydrogens (tertiary/aromatic N) is 2. The summed E-state index contributed by atoms with van der Waals surface area (Å²) in [6.45, 7) is 2.28. The van der Waals surface area contributed by atoms with Crippen LogP contribution in [0.15, 0.2) is 41.6 Å². The molecule has 0 spiro atoms. The predicted octanol–water partition coefficient (Wildman–Crippen LogP) is 1.83. The number of fused-ring (bicyclic) bond motifs is 1. The van der Waals surface area contributed by atoms with E-state index in [0.29, 0.717) is 5.39 Å². The van der Waals surface area contributed by atoms with Crippen molar-refractivity contribution in [2.45, 2.75) is 18.2 Å². The summed E-state index contributed by atoms with van der Waals surface area (Å²) >= 11 is 0. The number of aromatic nitrogens is 1. The molecule has 1 unspecified atom stereocenters. The summed E-state index contributed by atoms with van der Waals surface area (Å²) < 4.78 is 27.1. The second-order valence-corrected chi connectivity index (χ2v) is 7.24. The van der Waals surface area contributed by atoms with Crippen molar-refractivity contribution in [2.75, 3.05) is 13.1 Å². The van der Waals surface area contributed by atoms with E-state index in [1.54, 1.807) is 37.5 Å². The minimum absolute atomic E-state index is 0.128. The van der Waals surface area contributed by atoms with E-state index in [2.05, 4.69) is 4.98 Å². The van der Waals surface area contributed by atoms with E-state index in [1.807, 2.05) is 6.07 Å². The van der Waals surface area contributed by atoms with Crippen LogP contribution in [0.1, 0.15) is 13.3 Å². The van der Waals surface area contributed by atoms with Gasteiger partial charge in [-0.2, -0.15) is 4.31 Å². The first-order valence-electron chi connectivity index (χ1n) is 6.86. The molecule has 3 rings (SSSR count). The highest BCUT2D eigenvalue weighted by atomic mass is 32.2. The summed E-state index contributed by atoms with van der Waals surface area (Å²) in [5, 5.41) is 1.46. The number of hydrogen-bond donors (Lipinski definition) is 0. The smallest absolute Gasteiger partial charge is 0.243 e. The minimum atomic E-state index is -3.59. The van der Waals surface area contributed by atoms with E-state index >= 15 is 0 Å². The van der Waals surface area contributed by atoms with E-state index in [-0.39, 0.29) is 36.1 Å². The van der Waals surface area contributed by atoms with Gasteiger partial charge in [0, 0.05) is 48.6 Å². The molecule has 0 amide bonds. The maximum Gasteiger partial charge on any atom is 0.243 e. The number of sulfonamides is 1. The van der Waals surface area contributed by atoms with Crippen molar-refractivity contribution in [3.8, 4) is 0 Å². The average Bonchev–Trinajstić information content (AvgIpc) is 2.49. The van der Waals surface area contributed by atoms with Crippen molar-refractivity contribution in [1.82, 2.24) is 9.29 Å². The van der Waals surface area contributed by atoms with Gasteiger partial charge < -0.3 is 0 Å². The van der Waals surface area contributed by atoms with Crippen molar-refractivity contribution in [2.24, 2.45) is 5.92 Å². The van der Waals surface area contributed by atoms with E-state index < -0.39 is 10.0 Å². The van der Waals surface area contributed by atoms with Gasteiger partial charge in [0.1, 0.15) is 5.78 Å². The van der Waals surface area contributed by atoms with Crippen LogP contribution in [0.5, 0.6) is 0 Å². The molecular weight excluding hydrogens is 288 g/mol. The fourth-order valence-corrected chi connectivity index (χ4v) is 4.40. The molecule has 1 aliphatic rings. The predicted molar refractivity (Wildman–Crippen MR) is 79.3 cm³/mol. The lowest BCUT2D eigenvalue weighted by atomic mass is 10.0. The van der Waals surface area contributed by atoms with Crippen molar-refractivity contribution >= 4 is 26.6 Å². The number of benzene rings is 1. The Labute approximate surface area is 123 Å². The Hall–Kier alpha value is -1.79. The Morgan fingerprint density at radius 3 is 2.86 bits per heavy atom. The second kappa shape index (κ2) is 5.20. The highest BCUT2D eigenvalue weighted by molar-refractivity contribution is 7.89. The van der Waals surface area contributed by atoms with Gasteiger partial charge in [0.05, 0.1) is 4.90 Å². The third-order valence-electron chi connectivity index (χ3n) is 3.89. The maximum absolute atomic E-state index is 12.8. The standard InChI is InChI=1S/C15H16N2O3S/c1-11-10-17(8-6-14(11)18)21(19,20)15-4-2-3-12-9-16-7-5-13(12)15/h2-5,7,9,11H,6,8,10H2,1H3. The zero-order chi connectivity index (χ0) is 15.0. The molecule has 1 aliphatic heterocycles. The Bertz CT molecular complexity index is 796. The molecule has 0 bridgehead atoms. The number of carbonyl (C=O) groups excluding carboxylic acids is 1. The minimum Gasteiger partial charge on any atom is -0.299 e. The third-order valence-corrected chi connectivity index (χ3v) is 5.82. The van der Waals surface area contributed by atoms with Crippen molar-refractivity contribution in [1.29, 1.82) is 0 Å². The Balaban J connectivity index is 2.07. The number of piperidine rings is 1. The highest BCUT2D eigenvalue weighted by Gasteiger charge is 2.33. The zero-order valence-electron chi connectivity index (χ0n) is 11.7. The first-order valence-corrected chi connectivity index (χ1v) is 8.30. The van der Waals surface area contributed by atoms with Crippen LogP contribution in [0.2, 0.25) is 0 Å². The molecule has 1 aromatic carbocycles. The summed E-state index contributed by atoms with van der Waals surface area (Å²) in [5.41, 5.74) is 0. The lowest BCUT2D eigenvalue weighted by molar-refractivity contribution is -0.124. The van der Waals surface area contributed by atoms with Crippen LogP contribution in [0.3, 0.4) is 0 Å². The van der Waals surface area contributed by atoms with Gasteiger partial charge in [0.15, 0.2) is 0 Å². The molecule has 0 N–H and O–H groups in total. The van der Waals surface area contributed by atoms with Crippen LogP contribution < -0.4 is 0 Å². The van der Waals surface area contributed by atoms with Gasteiger partial charge in [-0.3, -0.25) is 9.78 Å². The monoisotopic (exact) mass is 304 g/mol. The first kappa shape index (κ1) is 14.2. The lowest BCUT2D eigenvalue weighted by Gasteiger charge is -2.29. The molecule has 2 heterocycles. The molecule has 2 aromatic rings. The third kappa shape index (κ3) is 2.45. The van der Waals surface area contributed by atoms with E-state index in [1.165, 1.54) is 4.31 Å². The molecule has 110 valence electrons. The maximum atomic E-state index is 12.8. The van der Waals surface area contributed by atoms with Gasteiger partial charge in [-0.1, -0.05) is 19.1 Å². The SMILES string of the molecule is CC1CN(S(=O)(=O)c2cccc3cnccc23)CCC1=O. The molecule has 1 aromatic heterocycles. The topological polar surface area (TPSA) is 67.3 Å². The summed E-state index contributed by atoms with van der Waals surface area (Å²) in [4.78, 5) is 15.9. The molecule has 5 nitrogen and oxygen atoms in total. The van der Waals surface area contributed by atoms with Crippen molar-refractivity contribution < 1.29 is 13.2 Å². The van der Waals surface area contributed by atoms with Crippen LogP contribution in [0, 0.1) is 5.92 Å². The number of ketones is 1. The van der Waals surface area contributed by atoms with Gasteiger partial charge in [0.2, 0.25) is 10.0 Å². The largest absolute Gasteiger partial charge is 0.299 e. The number of pyridine rings is 1. The number of hydrogen-bond acceptors (Lipinski definition) is 4. The Morgan fingerprint density at radius 2 is 2.10 bits per heavy atom. The summed E-state index contributed by atoms with van der Waals surface area (Å²) in [5.74, 6) is -0.117. The van der Waals surface area contributed by atoms with Crippen LogP contribution in [-0.2, 0) is 14.8 Å². The molecule has 0 saturated carbocycles. The van der Waals surface area contributed by atoms with E-state index in [9.17, 15) is 13.2 Å². The average molecular weight is 304 g/mol. The lowest BCUT2D eigenvalue weighted by Crippen LogP contribution is -2.43. The fraction of sp³-hybridized carbons (Fsp3) is 0.333. The number of carbonyl (C=O) groups is 1. The summed E-state index contributed by atoms with van der Waals surface area (Å²) in [6, 6.07) is 6.87. The molecule has 0 aliphatic carbocycles. The number of Topliss-reactive ketones (excluding diaryl/α,β-unsaturated/α-hetero) is 1. The zero-order valence-corrected chi connectivity index (χ0v) is 12.5. The Kier molecular flexibility index (Phi) is 3.51.